The molecule has 0 radical (unpaired) electrons. The van der Waals surface area contributed by atoms with Crippen molar-refractivity contribution in [3.8, 4) is 0 Å². The first kappa shape index (κ1) is 21.1. The normalized spacial score (nSPS) is 11.3. The highest BCUT2D eigenvalue weighted by molar-refractivity contribution is 5.95. The van der Waals surface area contributed by atoms with E-state index in [1.54, 1.807) is 43.3 Å². The maximum atomic E-state index is 11.7. The fourth-order valence-corrected chi connectivity index (χ4v) is 1.85. The molecule has 0 saturated heterocycles. The molecule has 0 saturated carbocycles. The molecule has 8 nitrogen and oxygen atoms in total. The van der Waals surface area contributed by atoms with Crippen LogP contribution in [0.15, 0.2) is 42.0 Å². The molecule has 2 amide bonds. The summed E-state index contributed by atoms with van der Waals surface area (Å²) in [6, 6.07) is 6.85. The van der Waals surface area contributed by atoms with Gasteiger partial charge in [0.1, 0.15) is 0 Å². The zero-order valence-corrected chi connectivity index (χ0v) is 14.5. The Kier molecular flexibility index (Phi) is 9.37. The standard InChI is InChI=1S/C18H23N3O5/c1-2-26-18(25)14(9-10-22)6-3-13-4-7-15(8-5-13)21-17(24)12-20-16(23)11-19/h3-9,22H,2,10-12,19H2,1H3,(H,20,23)(H,21,24)/b6-3+,14-9+. The molecule has 0 aromatic heterocycles. The van der Waals surface area contributed by atoms with Gasteiger partial charge in [0, 0.05) is 5.69 Å². The van der Waals surface area contributed by atoms with Crippen LogP contribution in [0.1, 0.15) is 12.5 Å². The molecule has 1 aromatic carbocycles. The minimum atomic E-state index is -0.513. The molecule has 0 bridgehead atoms. The minimum absolute atomic E-state index is 0.160. The summed E-state index contributed by atoms with van der Waals surface area (Å²) >= 11 is 0. The number of anilines is 1. The van der Waals surface area contributed by atoms with E-state index < -0.39 is 11.9 Å². The lowest BCUT2D eigenvalue weighted by Crippen LogP contribution is -2.36. The van der Waals surface area contributed by atoms with Gasteiger partial charge in [0.05, 0.1) is 31.9 Å². The quantitative estimate of drug-likeness (QED) is 0.282. The topological polar surface area (TPSA) is 131 Å². The summed E-state index contributed by atoms with van der Waals surface area (Å²) in [6.45, 7) is 1.34. The van der Waals surface area contributed by atoms with Crippen molar-refractivity contribution in [2.75, 3.05) is 31.6 Å². The van der Waals surface area contributed by atoms with Gasteiger partial charge in [-0.3, -0.25) is 9.59 Å². The summed E-state index contributed by atoms with van der Waals surface area (Å²) in [6.07, 6.45) is 4.59. The number of nitrogens with two attached hydrogens (primary N) is 1. The van der Waals surface area contributed by atoms with Crippen molar-refractivity contribution >= 4 is 29.5 Å². The Bertz CT molecular complexity index is 681. The second kappa shape index (κ2) is 11.6. The van der Waals surface area contributed by atoms with Crippen molar-refractivity contribution in [1.29, 1.82) is 0 Å². The second-order valence-corrected chi connectivity index (χ2v) is 5.05. The zero-order valence-electron chi connectivity index (χ0n) is 14.5. The van der Waals surface area contributed by atoms with Gasteiger partial charge in [0.15, 0.2) is 0 Å². The van der Waals surface area contributed by atoms with E-state index in [0.29, 0.717) is 5.69 Å². The van der Waals surface area contributed by atoms with Gasteiger partial charge in [-0.15, -0.1) is 0 Å². The van der Waals surface area contributed by atoms with Crippen LogP contribution in [-0.4, -0.2) is 49.2 Å². The molecule has 0 aliphatic heterocycles. The van der Waals surface area contributed by atoms with Gasteiger partial charge in [-0.25, -0.2) is 4.79 Å². The number of carbonyl (C=O) groups excluding carboxylic acids is 3. The fraction of sp³-hybridized carbons (Fsp3) is 0.278. The molecule has 5 N–H and O–H groups in total. The van der Waals surface area contributed by atoms with Crippen molar-refractivity contribution in [2.24, 2.45) is 5.73 Å². The van der Waals surface area contributed by atoms with Crippen LogP contribution in [0.2, 0.25) is 0 Å². The number of aliphatic hydroxyl groups is 1. The highest BCUT2D eigenvalue weighted by Gasteiger charge is 2.07. The molecule has 140 valence electrons. The number of nitrogens with one attached hydrogen (secondary N) is 2. The Labute approximate surface area is 151 Å². The third kappa shape index (κ3) is 7.73. The largest absolute Gasteiger partial charge is 0.462 e. The Balaban J connectivity index is 2.66. The van der Waals surface area contributed by atoms with E-state index in [9.17, 15) is 14.4 Å². The van der Waals surface area contributed by atoms with Gasteiger partial charge >= 0.3 is 5.97 Å². The number of hydrogen-bond acceptors (Lipinski definition) is 6. The molecule has 8 heteroatoms. The fourth-order valence-electron chi connectivity index (χ4n) is 1.85. The summed E-state index contributed by atoms with van der Waals surface area (Å²) in [4.78, 5) is 34.4. The van der Waals surface area contributed by atoms with E-state index in [-0.39, 0.29) is 37.8 Å². The van der Waals surface area contributed by atoms with E-state index in [2.05, 4.69) is 10.6 Å². The average Bonchev–Trinajstić information content (AvgIpc) is 2.64. The number of amides is 2. The lowest BCUT2D eigenvalue weighted by Gasteiger charge is -2.06. The number of benzene rings is 1. The van der Waals surface area contributed by atoms with Crippen molar-refractivity contribution in [2.45, 2.75) is 6.92 Å². The monoisotopic (exact) mass is 361 g/mol. The van der Waals surface area contributed by atoms with Crippen LogP contribution >= 0.6 is 0 Å². The van der Waals surface area contributed by atoms with Crippen molar-refractivity contribution in [1.82, 2.24) is 5.32 Å². The van der Waals surface area contributed by atoms with Crippen molar-refractivity contribution < 1.29 is 24.2 Å². The van der Waals surface area contributed by atoms with Crippen LogP contribution < -0.4 is 16.4 Å². The Morgan fingerprint density at radius 1 is 1.19 bits per heavy atom. The molecule has 26 heavy (non-hydrogen) atoms. The van der Waals surface area contributed by atoms with E-state index in [0.717, 1.165) is 5.56 Å². The second-order valence-electron chi connectivity index (χ2n) is 5.05. The van der Waals surface area contributed by atoms with Gasteiger partial charge in [-0.05, 0) is 36.8 Å². The maximum absolute atomic E-state index is 11.7. The summed E-state index contributed by atoms with van der Waals surface area (Å²) in [5.41, 5.74) is 6.73. The highest BCUT2D eigenvalue weighted by atomic mass is 16.5. The average molecular weight is 361 g/mol. The van der Waals surface area contributed by atoms with Crippen molar-refractivity contribution in [3.05, 3.63) is 47.6 Å². The SMILES string of the molecule is CCOC(=O)C(/C=C/c1ccc(NC(=O)CNC(=O)CN)cc1)=C/CO. The van der Waals surface area contributed by atoms with Crippen LogP contribution in [-0.2, 0) is 19.1 Å². The predicted octanol–water partition coefficient (Wildman–Crippen LogP) is 0.195. The van der Waals surface area contributed by atoms with Crippen LogP contribution in [0.4, 0.5) is 5.69 Å². The molecule has 1 rings (SSSR count). The van der Waals surface area contributed by atoms with Crippen molar-refractivity contribution in [3.63, 3.8) is 0 Å². The number of aliphatic hydroxyl groups excluding tert-OH is 1. The number of rotatable bonds is 9. The number of hydrogen-bond donors (Lipinski definition) is 4. The molecule has 0 heterocycles. The molecule has 0 unspecified atom stereocenters. The van der Waals surface area contributed by atoms with Crippen LogP contribution in [0.3, 0.4) is 0 Å². The van der Waals surface area contributed by atoms with Gasteiger partial charge < -0.3 is 26.2 Å². The first-order chi connectivity index (χ1) is 12.5. The number of carbonyl (C=O) groups is 3. The Morgan fingerprint density at radius 3 is 2.46 bits per heavy atom. The van der Waals surface area contributed by atoms with Gasteiger partial charge in [-0.1, -0.05) is 18.2 Å². The summed E-state index contributed by atoms with van der Waals surface area (Å²) in [5.74, 6) is -1.29. The third-order valence-corrected chi connectivity index (χ3v) is 3.10. The van der Waals surface area contributed by atoms with Gasteiger partial charge in [0.25, 0.3) is 0 Å². The minimum Gasteiger partial charge on any atom is -0.462 e. The molecule has 0 aliphatic carbocycles. The molecule has 0 aliphatic rings. The molecular weight excluding hydrogens is 338 g/mol. The Hall–Kier alpha value is -2.97. The molecular formula is C18H23N3O5. The number of esters is 1. The molecule has 1 aromatic rings. The van der Waals surface area contributed by atoms with E-state index in [1.165, 1.54) is 6.08 Å². The lowest BCUT2D eigenvalue weighted by molar-refractivity contribution is -0.138. The molecule has 0 fully saturated rings. The predicted molar refractivity (Wildman–Crippen MR) is 98.0 cm³/mol. The smallest absolute Gasteiger partial charge is 0.337 e. The summed E-state index contributed by atoms with van der Waals surface area (Å²) in [7, 11) is 0. The van der Waals surface area contributed by atoms with Crippen LogP contribution in [0.5, 0.6) is 0 Å². The first-order valence-electron chi connectivity index (χ1n) is 8.03. The molecule has 0 spiro atoms. The first-order valence-corrected chi connectivity index (χ1v) is 8.03. The summed E-state index contributed by atoms with van der Waals surface area (Å²) in [5, 5.41) is 14.0. The van der Waals surface area contributed by atoms with Crippen LogP contribution in [0.25, 0.3) is 6.08 Å². The Morgan fingerprint density at radius 2 is 1.88 bits per heavy atom. The maximum Gasteiger partial charge on any atom is 0.337 e. The lowest BCUT2D eigenvalue weighted by atomic mass is 10.1. The highest BCUT2D eigenvalue weighted by Crippen LogP contribution is 2.12. The number of ether oxygens (including phenoxy) is 1. The van der Waals surface area contributed by atoms with E-state index in [1.807, 2.05) is 0 Å². The molecule has 0 atom stereocenters. The van der Waals surface area contributed by atoms with E-state index in [4.69, 9.17) is 15.6 Å². The van der Waals surface area contributed by atoms with Crippen LogP contribution in [0, 0.1) is 0 Å². The van der Waals surface area contributed by atoms with Gasteiger partial charge in [0.2, 0.25) is 11.8 Å². The summed E-state index contributed by atoms with van der Waals surface area (Å²) < 4.78 is 4.90. The third-order valence-electron chi connectivity index (χ3n) is 3.10. The van der Waals surface area contributed by atoms with E-state index >= 15 is 0 Å². The zero-order chi connectivity index (χ0) is 19.4. The van der Waals surface area contributed by atoms with Gasteiger partial charge in [-0.2, -0.15) is 0 Å².